The zero-order valence-electron chi connectivity index (χ0n) is 24.6. The normalized spacial score (nSPS) is 24.2. The van der Waals surface area contributed by atoms with Gasteiger partial charge in [-0.1, -0.05) is 36.8 Å². The molecule has 0 aliphatic carbocycles. The molecule has 0 unspecified atom stereocenters. The van der Waals surface area contributed by atoms with Crippen molar-refractivity contribution in [2.75, 3.05) is 40.1 Å². The van der Waals surface area contributed by atoms with Gasteiger partial charge >= 0.3 is 0 Å². The van der Waals surface area contributed by atoms with E-state index in [9.17, 15) is 19.2 Å². The van der Waals surface area contributed by atoms with Crippen LogP contribution in [0.5, 0.6) is 5.88 Å². The number of nitrogens with zero attached hydrogens (tertiary/aromatic N) is 1. The smallest absolute Gasteiger partial charge is 0.257 e. The Morgan fingerprint density at radius 2 is 1.81 bits per heavy atom. The quantitative estimate of drug-likeness (QED) is 0.383. The summed E-state index contributed by atoms with van der Waals surface area (Å²) < 4.78 is 22.1. The van der Waals surface area contributed by atoms with Gasteiger partial charge in [-0.25, -0.2) is 4.98 Å². The molecule has 0 bridgehead atoms. The number of fused-ring (bicyclic) bond motifs is 1. The predicted octanol–water partition coefficient (Wildman–Crippen LogP) is 1.37. The number of carbonyl (C=O) groups is 4. The number of ether oxygens (including phenoxy) is 4. The minimum Gasteiger partial charge on any atom is -0.477 e. The number of aromatic nitrogens is 1. The van der Waals surface area contributed by atoms with E-state index in [1.54, 1.807) is 19.1 Å². The number of carbonyl (C=O) groups excluding carboxylic acids is 4. The Kier molecular flexibility index (Phi) is 11.6. The maximum Gasteiger partial charge on any atom is 0.257 e. The van der Waals surface area contributed by atoms with Gasteiger partial charge in [0.1, 0.15) is 23.2 Å². The fourth-order valence-corrected chi connectivity index (χ4v) is 4.70. The first-order valence-electron chi connectivity index (χ1n) is 14.6. The van der Waals surface area contributed by atoms with E-state index in [0.717, 1.165) is 31.2 Å². The van der Waals surface area contributed by atoms with Crippen molar-refractivity contribution in [3.8, 4) is 5.88 Å². The van der Waals surface area contributed by atoms with Gasteiger partial charge in [0.2, 0.25) is 17.7 Å². The molecule has 3 amide bonds. The van der Waals surface area contributed by atoms with Gasteiger partial charge in [0.15, 0.2) is 5.78 Å². The zero-order valence-corrected chi connectivity index (χ0v) is 24.6. The molecule has 2 aromatic rings. The first-order chi connectivity index (χ1) is 20.8. The Balaban J connectivity index is 1.53. The molecule has 3 heterocycles. The Bertz CT molecular complexity index is 1250. The fourth-order valence-electron chi connectivity index (χ4n) is 4.70. The molecule has 1 fully saturated rings. The first kappa shape index (κ1) is 32.1. The van der Waals surface area contributed by atoms with Crippen molar-refractivity contribution in [1.29, 1.82) is 0 Å². The standard InChI is InChI=1S/C31H40N4O8/c1-31(20-43-31)26(36)23(17-21-11-6-5-7-12-21)33-29(39)25-19-41-15-8-3-4-9-16-42-30-22(13-10-14-32-30)27(37)34-24(18-40-2)28(38)35-25/h5-7,10-14,23-25H,3-4,8-9,15-20H2,1-2H3,(H,33,39)(H,34,37)(H,35,38)/t23-,24-,25-,31+/m0/s1. The van der Waals surface area contributed by atoms with Crippen LogP contribution in [-0.2, 0) is 35.0 Å². The number of ketones is 1. The Hall–Kier alpha value is -3.87. The maximum atomic E-state index is 13.6. The lowest BCUT2D eigenvalue weighted by Crippen LogP contribution is -2.59. The van der Waals surface area contributed by atoms with Crippen molar-refractivity contribution < 1.29 is 38.1 Å². The molecule has 232 valence electrons. The molecular formula is C31H40N4O8. The molecule has 0 saturated carbocycles. The average molecular weight is 597 g/mol. The molecule has 2 aliphatic rings. The van der Waals surface area contributed by atoms with Crippen molar-refractivity contribution in [2.24, 2.45) is 0 Å². The summed E-state index contributed by atoms with van der Waals surface area (Å²) in [5.41, 5.74) is 0.0755. The van der Waals surface area contributed by atoms with Gasteiger partial charge < -0.3 is 34.9 Å². The van der Waals surface area contributed by atoms with E-state index >= 15 is 0 Å². The minimum absolute atomic E-state index is 0.124. The van der Waals surface area contributed by atoms with Gasteiger partial charge in [0, 0.05) is 19.9 Å². The molecule has 12 nitrogen and oxygen atoms in total. The van der Waals surface area contributed by atoms with Gasteiger partial charge in [-0.05, 0) is 50.3 Å². The molecule has 12 heteroatoms. The summed E-state index contributed by atoms with van der Waals surface area (Å²) in [4.78, 5) is 57.7. The lowest BCUT2D eigenvalue weighted by molar-refractivity contribution is -0.134. The van der Waals surface area contributed by atoms with Crippen LogP contribution in [0.15, 0.2) is 48.7 Å². The number of amides is 3. The molecule has 1 aromatic carbocycles. The average Bonchev–Trinajstić information content (AvgIpc) is 3.76. The van der Waals surface area contributed by atoms with Crippen molar-refractivity contribution in [1.82, 2.24) is 20.9 Å². The van der Waals surface area contributed by atoms with E-state index in [4.69, 9.17) is 18.9 Å². The van der Waals surface area contributed by atoms with Crippen LogP contribution >= 0.6 is 0 Å². The van der Waals surface area contributed by atoms with Crippen LogP contribution in [-0.4, -0.2) is 92.4 Å². The van der Waals surface area contributed by atoms with Gasteiger partial charge in [-0.3, -0.25) is 19.2 Å². The molecule has 43 heavy (non-hydrogen) atoms. The second kappa shape index (κ2) is 15.6. The minimum atomic E-state index is -1.14. The van der Waals surface area contributed by atoms with Crippen LogP contribution < -0.4 is 20.7 Å². The Labute approximate surface area is 251 Å². The Morgan fingerprint density at radius 3 is 2.53 bits per heavy atom. The van der Waals surface area contributed by atoms with Gasteiger partial charge in [-0.2, -0.15) is 0 Å². The summed E-state index contributed by atoms with van der Waals surface area (Å²) in [6, 6.07) is 9.33. The third-order valence-corrected chi connectivity index (χ3v) is 7.32. The second-order valence-corrected chi connectivity index (χ2v) is 10.9. The monoisotopic (exact) mass is 596 g/mol. The summed E-state index contributed by atoms with van der Waals surface area (Å²) >= 11 is 0. The summed E-state index contributed by atoms with van der Waals surface area (Å²) in [6.45, 7) is 2.44. The zero-order chi connectivity index (χ0) is 30.7. The molecular weight excluding hydrogens is 556 g/mol. The number of benzene rings is 1. The van der Waals surface area contributed by atoms with Crippen molar-refractivity contribution >= 4 is 23.5 Å². The van der Waals surface area contributed by atoms with E-state index in [1.165, 1.54) is 13.3 Å². The maximum absolute atomic E-state index is 13.6. The lowest BCUT2D eigenvalue weighted by Gasteiger charge is -2.26. The molecule has 1 saturated heterocycles. The van der Waals surface area contributed by atoms with Gasteiger partial charge in [-0.15, -0.1) is 0 Å². The molecule has 2 aliphatic heterocycles. The van der Waals surface area contributed by atoms with Crippen LogP contribution in [0.25, 0.3) is 0 Å². The predicted molar refractivity (Wildman–Crippen MR) is 156 cm³/mol. The number of methoxy groups -OCH3 is 1. The third-order valence-electron chi connectivity index (χ3n) is 7.32. The highest BCUT2D eigenvalue weighted by atomic mass is 16.6. The van der Waals surface area contributed by atoms with Gasteiger partial charge in [0.05, 0.1) is 32.5 Å². The molecule has 0 radical (unpaired) electrons. The molecule has 0 spiro atoms. The number of hydrogen-bond donors (Lipinski definition) is 3. The number of pyridine rings is 1. The highest BCUT2D eigenvalue weighted by Gasteiger charge is 2.50. The number of epoxide rings is 1. The fraction of sp³-hybridized carbons (Fsp3) is 0.516. The van der Waals surface area contributed by atoms with E-state index in [0.29, 0.717) is 13.2 Å². The third kappa shape index (κ3) is 9.31. The number of hydrogen-bond acceptors (Lipinski definition) is 9. The van der Waals surface area contributed by atoms with Crippen LogP contribution in [0, 0.1) is 0 Å². The van der Waals surface area contributed by atoms with Crippen molar-refractivity contribution in [3.05, 3.63) is 59.8 Å². The summed E-state index contributed by atoms with van der Waals surface area (Å²) in [6.07, 6.45) is 5.02. The molecule has 1 aromatic heterocycles. The van der Waals surface area contributed by atoms with Crippen molar-refractivity contribution in [3.63, 3.8) is 0 Å². The molecule has 4 rings (SSSR count). The van der Waals surface area contributed by atoms with Crippen LogP contribution in [0.1, 0.15) is 48.5 Å². The second-order valence-electron chi connectivity index (χ2n) is 10.9. The number of Topliss-reactive ketones (excluding diaryl/α,β-unsaturated/α-hetero) is 1. The largest absolute Gasteiger partial charge is 0.477 e. The van der Waals surface area contributed by atoms with Gasteiger partial charge in [0.25, 0.3) is 5.91 Å². The van der Waals surface area contributed by atoms with Crippen LogP contribution in [0.3, 0.4) is 0 Å². The first-order valence-corrected chi connectivity index (χ1v) is 14.6. The molecule has 3 N–H and O–H groups in total. The highest BCUT2D eigenvalue weighted by Crippen LogP contribution is 2.29. The number of nitrogens with one attached hydrogen (secondary N) is 3. The lowest BCUT2D eigenvalue weighted by atomic mass is 9.94. The van der Waals surface area contributed by atoms with Crippen LogP contribution in [0.2, 0.25) is 0 Å². The highest BCUT2D eigenvalue weighted by molar-refractivity contribution is 6.01. The Morgan fingerprint density at radius 1 is 1.07 bits per heavy atom. The van der Waals surface area contributed by atoms with E-state index in [2.05, 4.69) is 20.9 Å². The number of rotatable bonds is 8. The summed E-state index contributed by atoms with van der Waals surface area (Å²) in [7, 11) is 1.40. The van der Waals surface area contributed by atoms with E-state index < -0.39 is 41.4 Å². The van der Waals surface area contributed by atoms with Crippen LogP contribution in [0.4, 0.5) is 0 Å². The summed E-state index contributed by atoms with van der Waals surface area (Å²) in [5.74, 6) is -1.90. The SMILES string of the molecule is COC[C@@H]1NC(=O)c2cccnc2OCCCCCCOC[C@@H](C(=O)N[C@@H](Cc2ccccc2)C(=O)[C@@]2(C)CO2)NC1=O. The molecule has 4 atom stereocenters. The topological polar surface area (TPSA) is 157 Å². The van der Waals surface area contributed by atoms with E-state index in [1.807, 2.05) is 30.3 Å². The summed E-state index contributed by atoms with van der Waals surface area (Å²) in [5, 5.41) is 8.18. The van der Waals surface area contributed by atoms with Crippen molar-refractivity contribution in [2.45, 2.75) is 62.8 Å². The van der Waals surface area contributed by atoms with E-state index in [-0.39, 0.29) is 43.5 Å².